The minimum atomic E-state index is -0.383. The third kappa shape index (κ3) is 3.22. The molecule has 0 aliphatic carbocycles. The van der Waals surface area contributed by atoms with Crippen LogP contribution in [0.3, 0.4) is 0 Å². The Balaban J connectivity index is 1.89. The number of hydrogen-bond donors (Lipinski definition) is 2. The number of piperidine rings is 1. The second-order valence-corrected chi connectivity index (χ2v) is 5.72. The fourth-order valence-corrected chi connectivity index (χ4v) is 3.02. The molecule has 1 aromatic rings. The third-order valence-corrected chi connectivity index (χ3v) is 4.81. The van der Waals surface area contributed by atoms with Crippen LogP contribution in [0.1, 0.15) is 55.8 Å². The summed E-state index contributed by atoms with van der Waals surface area (Å²) in [6.45, 7) is 7.55. The van der Waals surface area contributed by atoms with E-state index in [0.29, 0.717) is 5.41 Å². The van der Waals surface area contributed by atoms with E-state index in [9.17, 15) is 4.79 Å². The van der Waals surface area contributed by atoms with Crippen LogP contribution in [0.5, 0.6) is 0 Å². The number of furan rings is 1. The van der Waals surface area contributed by atoms with Crippen LogP contribution in [0.4, 0.5) is 0 Å². The number of carbonyl (C=O) groups is 1. The molecule has 2 heterocycles. The summed E-state index contributed by atoms with van der Waals surface area (Å²) in [7, 11) is 0. The molecule has 0 atom stereocenters. The summed E-state index contributed by atoms with van der Waals surface area (Å²) in [5, 5.41) is 0. The van der Waals surface area contributed by atoms with Gasteiger partial charge in [0.15, 0.2) is 5.76 Å². The molecule has 0 bridgehead atoms. The lowest BCUT2D eigenvalue weighted by Crippen LogP contribution is -2.39. The Morgan fingerprint density at radius 1 is 1.35 bits per heavy atom. The number of hydrogen-bond acceptors (Lipinski definition) is 4. The SMILES string of the molecule is CCC1(CC)CCN(Cc2ccc(C(=O)NN)o2)CC1. The lowest BCUT2D eigenvalue weighted by molar-refractivity contribution is 0.0842. The Labute approximate surface area is 120 Å². The normalized spacial score (nSPS) is 18.9. The van der Waals surface area contributed by atoms with Crippen molar-refractivity contribution in [2.75, 3.05) is 13.1 Å². The average Bonchev–Trinajstić information content (AvgIpc) is 2.96. The van der Waals surface area contributed by atoms with Crippen molar-refractivity contribution in [3.8, 4) is 0 Å². The molecule has 1 aliphatic heterocycles. The summed E-state index contributed by atoms with van der Waals surface area (Å²) in [5.74, 6) is 5.80. The molecule has 0 unspecified atom stereocenters. The van der Waals surface area contributed by atoms with Gasteiger partial charge in [-0.25, -0.2) is 5.84 Å². The summed E-state index contributed by atoms with van der Waals surface area (Å²) in [4.78, 5) is 13.7. The number of nitrogens with zero attached hydrogens (tertiary/aromatic N) is 1. The monoisotopic (exact) mass is 279 g/mol. The fraction of sp³-hybridized carbons (Fsp3) is 0.667. The summed E-state index contributed by atoms with van der Waals surface area (Å²) >= 11 is 0. The highest BCUT2D eigenvalue weighted by atomic mass is 16.4. The number of nitrogens with two attached hydrogens (primary N) is 1. The van der Waals surface area contributed by atoms with E-state index in [1.54, 1.807) is 6.07 Å². The van der Waals surface area contributed by atoms with Crippen LogP contribution in [0.2, 0.25) is 0 Å². The van der Waals surface area contributed by atoms with Crippen molar-refractivity contribution in [1.82, 2.24) is 10.3 Å². The molecule has 112 valence electrons. The Morgan fingerprint density at radius 2 is 2.00 bits per heavy atom. The van der Waals surface area contributed by atoms with Gasteiger partial charge in [0.05, 0.1) is 6.54 Å². The highest BCUT2D eigenvalue weighted by molar-refractivity contribution is 5.90. The molecule has 1 amide bonds. The third-order valence-electron chi connectivity index (χ3n) is 4.81. The number of rotatable bonds is 5. The van der Waals surface area contributed by atoms with E-state index in [4.69, 9.17) is 10.3 Å². The first-order valence-corrected chi connectivity index (χ1v) is 7.44. The molecular formula is C15H25N3O2. The van der Waals surface area contributed by atoms with Gasteiger partial charge in [-0.15, -0.1) is 0 Å². The molecule has 3 N–H and O–H groups in total. The van der Waals surface area contributed by atoms with E-state index in [1.807, 2.05) is 6.07 Å². The van der Waals surface area contributed by atoms with Crippen molar-refractivity contribution in [3.63, 3.8) is 0 Å². The van der Waals surface area contributed by atoms with E-state index in [2.05, 4.69) is 24.2 Å². The number of amides is 1. The van der Waals surface area contributed by atoms with E-state index in [0.717, 1.165) is 25.4 Å². The number of carbonyl (C=O) groups excluding carboxylic acids is 1. The second kappa shape index (κ2) is 6.41. The molecule has 0 saturated carbocycles. The van der Waals surface area contributed by atoms with Crippen LogP contribution in [-0.2, 0) is 6.54 Å². The first-order valence-electron chi connectivity index (χ1n) is 7.44. The standard InChI is InChI=1S/C15H25N3O2/c1-3-15(4-2)7-9-18(10-8-15)11-12-5-6-13(20-12)14(19)17-16/h5-6H,3-4,7-11,16H2,1-2H3,(H,17,19). The Bertz CT molecular complexity index is 442. The lowest BCUT2D eigenvalue weighted by atomic mass is 9.74. The maximum absolute atomic E-state index is 11.3. The van der Waals surface area contributed by atoms with Gasteiger partial charge in [-0.05, 0) is 43.5 Å². The largest absolute Gasteiger partial charge is 0.455 e. The zero-order valence-electron chi connectivity index (χ0n) is 12.4. The molecule has 5 heteroatoms. The highest BCUT2D eigenvalue weighted by Gasteiger charge is 2.31. The van der Waals surface area contributed by atoms with Gasteiger partial charge < -0.3 is 4.42 Å². The zero-order chi connectivity index (χ0) is 14.6. The molecular weight excluding hydrogens is 254 g/mol. The number of nitrogens with one attached hydrogen (secondary N) is 1. The lowest BCUT2D eigenvalue weighted by Gasteiger charge is -2.40. The molecule has 1 aromatic heterocycles. The minimum absolute atomic E-state index is 0.274. The van der Waals surface area contributed by atoms with Crippen LogP contribution >= 0.6 is 0 Å². The number of nitrogen functional groups attached to an aromatic ring is 1. The van der Waals surface area contributed by atoms with Crippen LogP contribution in [0.15, 0.2) is 16.5 Å². The minimum Gasteiger partial charge on any atom is -0.455 e. The molecule has 1 aliphatic rings. The van der Waals surface area contributed by atoms with Gasteiger partial charge in [0.2, 0.25) is 0 Å². The summed E-state index contributed by atoms with van der Waals surface area (Å²) in [6.07, 6.45) is 5.02. The molecule has 5 nitrogen and oxygen atoms in total. The maximum atomic E-state index is 11.3. The van der Waals surface area contributed by atoms with Gasteiger partial charge in [0, 0.05) is 0 Å². The van der Waals surface area contributed by atoms with Crippen LogP contribution in [0, 0.1) is 5.41 Å². The Hall–Kier alpha value is -1.33. The van der Waals surface area contributed by atoms with Gasteiger partial charge >= 0.3 is 5.91 Å². The van der Waals surface area contributed by atoms with Gasteiger partial charge in [-0.1, -0.05) is 26.7 Å². The average molecular weight is 279 g/mol. The molecule has 1 saturated heterocycles. The van der Waals surface area contributed by atoms with Crippen molar-refractivity contribution >= 4 is 5.91 Å². The summed E-state index contributed by atoms with van der Waals surface area (Å²) in [6, 6.07) is 3.52. The smallest absolute Gasteiger partial charge is 0.300 e. The maximum Gasteiger partial charge on any atom is 0.300 e. The zero-order valence-corrected chi connectivity index (χ0v) is 12.4. The number of hydrazine groups is 1. The highest BCUT2D eigenvalue weighted by Crippen LogP contribution is 2.38. The van der Waals surface area contributed by atoms with E-state index in [1.165, 1.54) is 25.7 Å². The molecule has 20 heavy (non-hydrogen) atoms. The van der Waals surface area contributed by atoms with Crippen LogP contribution < -0.4 is 11.3 Å². The Morgan fingerprint density at radius 3 is 2.55 bits per heavy atom. The molecule has 2 rings (SSSR count). The topological polar surface area (TPSA) is 71.5 Å². The first kappa shape index (κ1) is 15.1. The van der Waals surface area contributed by atoms with Gasteiger partial charge in [-0.3, -0.25) is 15.1 Å². The Kier molecular flexibility index (Phi) is 4.83. The van der Waals surface area contributed by atoms with Crippen molar-refractivity contribution in [3.05, 3.63) is 23.7 Å². The van der Waals surface area contributed by atoms with Crippen molar-refractivity contribution in [1.29, 1.82) is 0 Å². The second-order valence-electron chi connectivity index (χ2n) is 5.72. The van der Waals surface area contributed by atoms with Crippen molar-refractivity contribution in [2.45, 2.75) is 46.1 Å². The summed E-state index contributed by atoms with van der Waals surface area (Å²) < 4.78 is 5.51. The molecule has 1 fully saturated rings. The van der Waals surface area contributed by atoms with Gasteiger partial charge in [-0.2, -0.15) is 0 Å². The molecule has 0 aromatic carbocycles. The van der Waals surface area contributed by atoms with Crippen molar-refractivity contribution in [2.24, 2.45) is 11.3 Å². The number of likely N-dealkylation sites (tertiary alicyclic amines) is 1. The van der Waals surface area contributed by atoms with Crippen molar-refractivity contribution < 1.29 is 9.21 Å². The van der Waals surface area contributed by atoms with E-state index in [-0.39, 0.29) is 11.7 Å². The molecule has 0 spiro atoms. The van der Waals surface area contributed by atoms with Crippen LogP contribution in [-0.4, -0.2) is 23.9 Å². The summed E-state index contributed by atoms with van der Waals surface area (Å²) in [5.41, 5.74) is 2.61. The first-order chi connectivity index (χ1) is 9.62. The van der Waals surface area contributed by atoms with E-state index < -0.39 is 0 Å². The van der Waals surface area contributed by atoms with Crippen LogP contribution in [0.25, 0.3) is 0 Å². The predicted octanol–water partition coefficient (Wildman–Crippen LogP) is 2.29. The quantitative estimate of drug-likeness (QED) is 0.493. The van der Waals surface area contributed by atoms with Gasteiger partial charge in [0.1, 0.15) is 5.76 Å². The van der Waals surface area contributed by atoms with Gasteiger partial charge in [0.25, 0.3) is 0 Å². The fourth-order valence-electron chi connectivity index (χ4n) is 3.02. The van der Waals surface area contributed by atoms with E-state index >= 15 is 0 Å². The molecule has 0 radical (unpaired) electrons. The predicted molar refractivity (Wildman–Crippen MR) is 77.9 cm³/mol.